The number of hydrogen-bond acceptors (Lipinski definition) is 2. The topological polar surface area (TPSA) is 21.3 Å². The second-order valence-corrected chi connectivity index (χ2v) is 5.11. The maximum absolute atomic E-state index is 5.74. The van der Waals surface area contributed by atoms with E-state index in [0.717, 1.165) is 23.2 Å². The van der Waals surface area contributed by atoms with Crippen LogP contribution in [-0.2, 0) is 0 Å². The molecule has 0 amide bonds. The predicted octanol–water partition coefficient (Wildman–Crippen LogP) is 4.30. The molecule has 0 radical (unpaired) electrons. The fourth-order valence-electron chi connectivity index (χ4n) is 1.60. The van der Waals surface area contributed by atoms with Crippen LogP contribution in [0.1, 0.15) is 44.7 Å². The standard InChI is InChI=1S/C14H22BrNO/c1-4-5-6-9-17-14-8-7-12(10-13(14)15)11(2)16-3/h7-8,10-11,16H,4-6,9H2,1-3H3. The molecule has 1 aromatic rings. The van der Waals surface area contributed by atoms with Gasteiger partial charge in [-0.2, -0.15) is 0 Å². The van der Waals surface area contributed by atoms with Crippen LogP contribution in [0.5, 0.6) is 5.75 Å². The SMILES string of the molecule is CCCCCOc1ccc(C(C)NC)cc1Br. The second kappa shape index (κ2) is 7.72. The van der Waals surface area contributed by atoms with Crippen molar-refractivity contribution in [1.29, 1.82) is 0 Å². The fourth-order valence-corrected chi connectivity index (χ4v) is 2.12. The number of hydrogen-bond donors (Lipinski definition) is 1. The van der Waals surface area contributed by atoms with Crippen LogP contribution in [-0.4, -0.2) is 13.7 Å². The largest absolute Gasteiger partial charge is 0.492 e. The van der Waals surface area contributed by atoms with E-state index in [-0.39, 0.29) is 0 Å². The van der Waals surface area contributed by atoms with Gasteiger partial charge < -0.3 is 10.1 Å². The van der Waals surface area contributed by atoms with Crippen molar-refractivity contribution < 1.29 is 4.74 Å². The normalized spacial score (nSPS) is 12.5. The third-order valence-electron chi connectivity index (χ3n) is 2.89. The first kappa shape index (κ1) is 14.5. The Morgan fingerprint density at radius 3 is 2.71 bits per heavy atom. The van der Waals surface area contributed by atoms with Crippen molar-refractivity contribution in [2.75, 3.05) is 13.7 Å². The first-order valence-corrected chi connectivity index (χ1v) is 7.07. The number of rotatable bonds is 7. The molecule has 0 aliphatic heterocycles. The van der Waals surface area contributed by atoms with Crippen molar-refractivity contribution in [2.45, 2.75) is 39.2 Å². The van der Waals surface area contributed by atoms with Gasteiger partial charge in [0.1, 0.15) is 5.75 Å². The van der Waals surface area contributed by atoms with E-state index >= 15 is 0 Å². The molecule has 2 nitrogen and oxygen atoms in total. The number of benzene rings is 1. The van der Waals surface area contributed by atoms with Crippen molar-refractivity contribution in [3.63, 3.8) is 0 Å². The van der Waals surface area contributed by atoms with E-state index in [1.165, 1.54) is 18.4 Å². The summed E-state index contributed by atoms with van der Waals surface area (Å²) in [5, 5.41) is 3.23. The van der Waals surface area contributed by atoms with E-state index in [1.54, 1.807) is 0 Å². The highest BCUT2D eigenvalue weighted by Crippen LogP contribution is 2.28. The Kier molecular flexibility index (Phi) is 6.60. The molecular weight excluding hydrogens is 278 g/mol. The highest BCUT2D eigenvalue weighted by molar-refractivity contribution is 9.10. The van der Waals surface area contributed by atoms with Gasteiger partial charge in [-0.05, 0) is 54.0 Å². The maximum atomic E-state index is 5.74. The lowest BCUT2D eigenvalue weighted by atomic mass is 10.1. The Hall–Kier alpha value is -0.540. The first-order chi connectivity index (χ1) is 8.19. The van der Waals surface area contributed by atoms with E-state index in [4.69, 9.17) is 4.74 Å². The maximum Gasteiger partial charge on any atom is 0.133 e. The highest BCUT2D eigenvalue weighted by Gasteiger charge is 2.06. The van der Waals surface area contributed by atoms with Crippen LogP contribution in [0.25, 0.3) is 0 Å². The Labute approximate surface area is 113 Å². The van der Waals surface area contributed by atoms with Crippen LogP contribution in [0.2, 0.25) is 0 Å². The van der Waals surface area contributed by atoms with Gasteiger partial charge in [0.15, 0.2) is 0 Å². The van der Waals surface area contributed by atoms with Gasteiger partial charge >= 0.3 is 0 Å². The van der Waals surface area contributed by atoms with Crippen molar-refractivity contribution in [3.05, 3.63) is 28.2 Å². The molecule has 17 heavy (non-hydrogen) atoms. The minimum atomic E-state index is 0.362. The van der Waals surface area contributed by atoms with Crippen LogP contribution in [0.4, 0.5) is 0 Å². The van der Waals surface area contributed by atoms with Crippen LogP contribution in [0.15, 0.2) is 22.7 Å². The molecule has 0 heterocycles. The summed E-state index contributed by atoms with van der Waals surface area (Å²) in [4.78, 5) is 0. The first-order valence-electron chi connectivity index (χ1n) is 6.28. The summed E-state index contributed by atoms with van der Waals surface area (Å²) >= 11 is 3.56. The molecule has 0 aliphatic carbocycles. The molecule has 1 aromatic carbocycles. The van der Waals surface area contributed by atoms with Gasteiger partial charge in [0, 0.05) is 6.04 Å². The third-order valence-corrected chi connectivity index (χ3v) is 3.51. The molecule has 1 N–H and O–H groups in total. The lowest BCUT2D eigenvalue weighted by Gasteiger charge is -2.13. The molecule has 1 unspecified atom stereocenters. The molecule has 0 fully saturated rings. The number of ether oxygens (including phenoxy) is 1. The molecule has 0 bridgehead atoms. The Morgan fingerprint density at radius 2 is 2.12 bits per heavy atom. The van der Waals surface area contributed by atoms with Crippen molar-refractivity contribution in [2.24, 2.45) is 0 Å². The molecule has 0 saturated carbocycles. The quantitative estimate of drug-likeness (QED) is 0.758. The molecule has 0 saturated heterocycles. The molecular formula is C14H22BrNO. The van der Waals surface area contributed by atoms with Crippen LogP contribution in [0, 0.1) is 0 Å². The van der Waals surface area contributed by atoms with Gasteiger partial charge in [0.2, 0.25) is 0 Å². The van der Waals surface area contributed by atoms with Gasteiger partial charge in [0.25, 0.3) is 0 Å². The van der Waals surface area contributed by atoms with Crippen LogP contribution >= 0.6 is 15.9 Å². The minimum Gasteiger partial charge on any atom is -0.492 e. The second-order valence-electron chi connectivity index (χ2n) is 4.26. The fraction of sp³-hybridized carbons (Fsp3) is 0.571. The molecule has 0 aromatic heterocycles. The average Bonchev–Trinajstić information content (AvgIpc) is 2.35. The minimum absolute atomic E-state index is 0.362. The molecule has 3 heteroatoms. The van der Waals surface area contributed by atoms with Gasteiger partial charge in [-0.15, -0.1) is 0 Å². The molecule has 0 spiro atoms. The van der Waals surface area contributed by atoms with E-state index in [1.807, 2.05) is 13.1 Å². The van der Waals surface area contributed by atoms with Crippen LogP contribution < -0.4 is 10.1 Å². The molecule has 1 atom stereocenters. The van der Waals surface area contributed by atoms with Crippen molar-refractivity contribution in [1.82, 2.24) is 5.32 Å². The summed E-state index contributed by atoms with van der Waals surface area (Å²) in [5.74, 6) is 0.938. The smallest absolute Gasteiger partial charge is 0.133 e. The van der Waals surface area contributed by atoms with Gasteiger partial charge in [-0.1, -0.05) is 25.8 Å². The Bertz CT molecular complexity index is 341. The van der Waals surface area contributed by atoms with Gasteiger partial charge in [0.05, 0.1) is 11.1 Å². The monoisotopic (exact) mass is 299 g/mol. The van der Waals surface area contributed by atoms with Crippen molar-refractivity contribution >= 4 is 15.9 Å². The number of nitrogens with one attached hydrogen (secondary N) is 1. The zero-order valence-corrected chi connectivity index (χ0v) is 12.5. The molecule has 96 valence electrons. The van der Waals surface area contributed by atoms with Gasteiger partial charge in [-0.3, -0.25) is 0 Å². The molecule has 1 rings (SSSR count). The van der Waals surface area contributed by atoms with E-state index in [2.05, 4.69) is 47.2 Å². The Balaban J connectivity index is 2.57. The average molecular weight is 300 g/mol. The highest BCUT2D eigenvalue weighted by atomic mass is 79.9. The lowest BCUT2D eigenvalue weighted by molar-refractivity contribution is 0.304. The predicted molar refractivity (Wildman–Crippen MR) is 76.6 cm³/mol. The zero-order valence-electron chi connectivity index (χ0n) is 10.9. The summed E-state index contributed by atoms with van der Waals surface area (Å²) in [6, 6.07) is 6.64. The third kappa shape index (κ3) is 4.68. The summed E-state index contributed by atoms with van der Waals surface area (Å²) < 4.78 is 6.78. The summed E-state index contributed by atoms with van der Waals surface area (Å²) in [6.07, 6.45) is 3.58. The Morgan fingerprint density at radius 1 is 1.35 bits per heavy atom. The lowest BCUT2D eigenvalue weighted by Crippen LogP contribution is -2.12. The summed E-state index contributed by atoms with van der Waals surface area (Å²) in [5.41, 5.74) is 1.26. The summed E-state index contributed by atoms with van der Waals surface area (Å²) in [7, 11) is 1.97. The van der Waals surface area contributed by atoms with E-state index < -0.39 is 0 Å². The van der Waals surface area contributed by atoms with E-state index in [9.17, 15) is 0 Å². The van der Waals surface area contributed by atoms with E-state index in [0.29, 0.717) is 6.04 Å². The van der Waals surface area contributed by atoms with Crippen LogP contribution in [0.3, 0.4) is 0 Å². The zero-order chi connectivity index (χ0) is 12.7. The summed E-state index contributed by atoms with van der Waals surface area (Å²) in [6.45, 7) is 5.14. The number of halogens is 1. The number of unbranched alkanes of at least 4 members (excludes halogenated alkanes) is 2. The molecule has 0 aliphatic rings. The van der Waals surface area contributed by atoms with Gasteiger partial charge in [-0.25, -0.2) is 0 Å². The van der Waals surface area contributed by atoms with Crippen molar-refractivity contribution in [3.8, 4) is 5.75 Å².